The molecule has 0 spiro atoms. The van der Waals surface area contributed by atoms with Crippen LogP contribution >= 0.6 is 0 Å². The van der Waals surface area contributed by atoms with E-state index in [0.29, 0.717) is 19.5 Å². The first-order valence-electron chi connectivity index (χ1n) is 4.74. The van der Waals surface area contributed by atoms with E-state index in [1.54, 1.807) is 11.0 Å². The van der Waals surface area contributed by atoms with Crippen molar-refractivity contribution in [3.8, 4) is 0 Å². The lowest BCUT2D eigenvalue weighted by molar-refractivity contribution is -0.140. The van der Waals surface area contributed by atoms with Gasteiger partial charge in [-0.25, -0.2) is 0 Å². The van der Waals surface area contributed by atoms with Gasteiger partial charge < -0.3 is 10.0 Å². The Morgan fingerprint density at radius 2 is 2.43 bits per heavy atom. The lowest BCUT2D eigenvalue weighted by Gasteiger charge is -2.30. The molecule has 1 unspecified atom stereocenters. The number of hydrogen-bond donors (Lipinski definition) is 1. The number of rotatable bonds is 4. The zero-order valence-corrected chi connectivity index (χ0v) is 8.11. The molecule has 14 heavy (non-hydrogen) atoms. The molecule has 78 valence electrons. The van der Waals surface area contributed by atoms with Gasteiger partial charge >= 0.3 is 5.97 Å². The van der Waals surface area contributed by atoms with Crippen LogP contribution in [-0.4, -0.2) is 35.0 Å². The third-order valence-electron chi connectivity index (χ3n) is 2.44. The summed E-state index contributed by atoms with van der Waals surface area (Å²) in [6.45, 7) is 4.79. The zero-order valence-electron chi connectivity index (χ0n) is 8.11. The van der Waals surface area contributed by atoms with Gasteiger partial charge in [0.15, 0.2) is 0 Å². The molecule has 0 radical (unpaired) electrons. The van der Waals surface area contributed by atoms with Gasteiger partial charge in [0.25, 0.3) is 0 Å². The summed E-state index contributed by atoms with van der Waals surface area (Å²) in [4.78, 5) is 23.6. The maximum atomic E-state index is 11.5. The van der Waals surface area contributed by atoms with Crippen molar-refractivity contribution in [3.63, 3.8) is 0 Å². The standard InChI is InChI=1S/C10H15NO3/c1-2-4-11-5-3-8(6-9(11)12)7-10(13)14/h2,8H,1,3-7H2,(H,13,14). The molecule has 1 atom stereocenters. The van der Waals surface area contributed by atoms with Crippen molar-refractivity contribution in [2.45, 2.75) is 19.3 Å². The summed E-state index contributed by atoms with van der Waals surface area (Å²) in [5.41, 5.74) is 0. The second-order valence-electron chi connectivity index (χ2n) is 3.59. The summed E-state index contributed by atoms with van der Waals surface area (Å²) in [6.07, 6.45) is 2.94. The molecule has 1 N–H and O–H groups in total. The highest BCUT2D eigenvalue weighted by Crippen LogP contribution is 2.21. The van der Waals surface area contributed by atoms with Crippen LogP contribution in [0.1, 0.15) is 19.3 Å². The second-order valence-corrected chi connectivity index (χ2v) is 3.59. The van der Waals surface area contributed by atoms with E-state index in [0.717, 1.165) is 6.42 Å². The predicted octanol–water partition coefficient (Wildman–Crippen LogP) is 0.886. The number of carbonyl (C=O) groups excluding carboxylic acids is 1. The molecule has 0 aromatic rings. The summed E-state index contributed by atoms with van der Waals surface area (Å²) in [5, 5.41) is 8.58. The fraction of sp³-hybridized carbons (Fsp3) is 0.600. The van der Waals surface area contributed by atoms with E-state index in [1.165, 1.54) is 0 Å². The molecule has 1 aliphatic rings. The van der Waals surface area contributed by atoms with Gasteiger partial charge in [-0.3, -0.25) is 9.59 Å². The molecule has 1 rings (SSSR count). The van der Waals surface area contributed by atoms with E-state index in [-0.39, 0.29) is 18.2 Å². The predicted molar refractivity (Wildman–Crippen MR) is 51.8 cm³/mol. The van der Waals surface area contributed by atoms with Gasteiger partial charge in [0, 0.05) is 25.9 Å². The summed E-state index contributed by atoms with van der Waals surface area (Å²) < 4.78 is 0. The minimum Gasteiger partial charge on any atom is -0.481 e. The van der Waals surface area contributed by atoms with Crippen LogP contribution in [0.25, 0.3) is 0 Å². The molecule has 1 aliphatic heterocycles. The van der Waals surface area contributed by atoms with Crippen molar-refractivity contribution in [2.75, 3.05) is 13.1 Å². The lowest BCUT2D eigenvalue weighted by atomic mass is 9.93. The molecule has 1 saturated heterocycles. The van der Waals surface area contributed by atoms with Gasteiger partial charge in [-0.15, -0.1) is 6.58 Å². The SMILES string of the molecule is C=CCN1CCC(CC(=O)O)CC1=O. The van der Waals surface area contributed by atoms with Crippen LogP contribution in [0, 0.1) is 5.92 Å². The number of likely N-dealkylation sites (tertiary alicyclic amines) is 1. The summed E-state index contributed by atoms with van der Waals surface area (Å²) in [6, 6.07) is 0. The van der Waals surface area contributed by atoms with Crippen LogP contribution in [0.4, 0.5) is 0 Å². The number of piperidine rings is 1. The number of hydrogen-bond acceptors (Lipinski definition) is 2. The maximum Gasteiger partial charge on any atom is 0.303 e. The Bertz CT molecular complexity index is 250. The Hall–Kier alpha value is -1.32. The summed E-state index contributed by atoms with van der Waals surface area (Å²) >= 11 is 0. The average molecular weight is 197 g/mol. The van der Waals surface area contributed by atoms with Gasteiger partial charge in [0.2, 0.25) is 5.91 Å². The minimum absolute atomic E-state index is 0.0149. The summed E-state index contributed by atoms with van der Waals surface area (Å²) in [7, 11) is 0. The van der Waals surface area contributed by atoms with Gasteiger partial charge in [-0.05, 0) is 12.3 Å². The summed E-state index contributed by atoms with van der Waals surface area (Å²) in [5.74, 6) is -0.761. The van der Waals surface area contributed by atoms with E-state index in [2.05, 4.69) is 6.58 Å². The highest BCUT2D eigenvalue weighted by molar-refractivity contribution is 5.78. The molecule has 4 nitrogen and oxygen atoms in total. The van der Waals surface area contributed by atoms with Crippen molar-refractivity contribution < 1.29 is 14.7 Å². The molecule has 1 amide bonds. The van der Waals surface area contributed by atoms with E-state index in [9.17, 15) is 9.59 Å². The van der Waals surface area contributed by atoms with E-state index in [4.69, 9.17) is 5.11 Å². The molecular weight excluding hydrogens is 182 g/mol. The first kappa shape index (κ1) is 10.8. The van der Waals surface area contributed by atoms with Crippen LogP contribution < -0.4 is 0 Å². The third-order valence-corrected chi connectivity index (χ3v) is 2.44. The quantitative estimate of drug-likeness (QED) is 0.681. The Kier molecular flexibility index (Phi) is 3.68. The highest BCUT2D eigenvalue weighted by atomic mass is 16.4. The van der Waals surface area contributed by atoms with Crippen molar-refractivity contribution in [2.24, 2.45) is 5.92 Å². The van der Waals surface area contributed by atoms with Gasteiger partial charge in [0.1, 0.15) is 0 Å². The molecule has 1 fully saturated rings. The van der Waals surface area contributed by atoms with Crippen molar-refractivity contribution in [3.05, 3.63) is 12.7 Å². The van der Waals surface area contributed by atoms with Gasteiger partial charge in [0.05, 0.1) is 0 Å². The Morgan fingerprint density at radius 3 is 2.93 bits per heavy atom. The molecule has 0 bridgehead atoms. The Balaban J connectivity index is 2.42. The van der Waals surface area contributed by atoms with E-state index < -0.39 is 5.97 Å². The molecular formula is C10H15NO3. The van der Waals surface area contributed by atoms with E-state index >= 15 is 0 Å². The number of nitrogens with zero attached hydrogens (tertiary/aromatic N) is 1. The Morgan fingerprint density at radius 1 is 1.71 bits per heavy atom. The van der Waals surface area contributed by atoms with Crippen LogP contribution in [0.5, 0.6) is 0 Å². The van der Waals surface area contributed by atoms with Crippen molar-refractivity contribution in [1.82, 2.24) is 4.90 Å². The number of carbonyl (C=O) groups is 2. The van der Waals surface area contributed by atoms with Crippen LogP contribution in [0.2, 0.25) is 0 Å². The fourth-order valence-corrected chi connectivity index (χ4v) is 1.71. The molecule has 0 saturated carbocycles. The molecule has 1 heterocycles. The van der Waals surface area contributed by atoms with Crippen molar-refractivity contribution >= 4 is 11.9 Å². The van der Waals surface area contributed by atoms with Gasteiger partial charge in [-0.2, -0.15) is 0 Å². The van der Waals surface area contributed by atoms with Crippen LogP contribution in [0.3, 0.4) is 0 Å². The molecule has 0 aromatic heterocycles. The molecule has 4 heteroatoms. The second kappa shape index (κ2) is 4.79. The Labute approximate surface area is 83.2 Å². The van der Waals surface area contributed by atoms with Crippen LogP contribution in [0.15, 0.2) is 12.7 Å². The normalized spacial score (nSPS) is 22.1. The lowest BCUT2D eigenvalue weighted by Crippen LogP contribution is -2.39. The molecule has 0 aliphatic carbocycles. The minimum atomic E-state index is -0.819. The average Bonchev–Trinajstić information content (AvgIpc) is 2.09. The van der Waals surface area contributed by atoms with Crippen molar-refractivity contribution in [1.29, 1.82) is 0 Å². The number of aliphatic carboxylic acids is 1. The first-order chi connectivity index (χ1) is 6.63. The fourth-order valence-electron chi connectivity index (χ4n) is 1.71. The van der Waals surface area contributed by atoms with Crippen LogP contribution in [-0.2, 0) is 9.59 Å². The number of amides is 1. The number of carboxylic acid groups (broad SMARTS) is 1. The zero-order chi connectivity index (χ0) is 10.6. The smallest absolute Gasteiger partial charge is 0.303 e. The maximum absolute atomic E-state index is 11.5. The highest BCUT2D eigenvalue weighted by Gasteiger charge is 2.26. The molecule has 0 aromatic carbocycles. The third kappa shape index (κ3) is 2.87. The largest absolute Gasteiger partial charge is 0.481 e. The topological polar surface area (TPSA) is 57.6 Å². The number of carboxylic acids is 1. The van der Waals surface area contributed by atoms with Gasteiger partial charge in [-0.1, -0.05) is 6.08 Å². The van der Waals surface area contributed by atoms with E-state index in [1.807, 2.05) is 0 Å². The monoisotopic (exact) mass is 197 g/mol. The first-order valence-corrected chi connectivity index (χ1v) is 4.74.